The highest BCUT2D eigenvalue weighted by atomic mass is 16.4. The van der Waals surface area contributed by atoms with Crippen molar-refractivity contribution in [1.29, 1.82) is 0 Å². The second-order valence-electron chi connectivity index (χ2n) is 4.37. The summed E-state index contributed by atoms with van der Waals surface area (Å²) < 4.78 is 0. The van der Waals surface area contributed by atoms with Gasteiger partial charge in [-0.05, 0) is 36.8 Å². The van der Waals surface area contributed by atoms with Gasteiger partial charge in [-0.1, -0.05) is 0 Å². The fourth-order valence-corrected chi connectivity index (χ4v) is 1.96. The summed E-state index contributed by atoms with van der Waals surface area (Å²) in [5.41, 5.74) is 3.61. The minimum atomic E-state index is -0.949. The molecular weight excluding hydrogens is 242 g/mol. The van der Waals surface area contributed by atoms with E-state index in [-0.39, 0.29) is 5.56 Å². The molecule has 0 radical (unpaired) electrons. The molecule has 0 aliphatic heterocycles. The van der Waals surface area contributed by atoms with E-state index in [1.807, 2.05) is 13.0 Å². The number of pyridine rings is 1. The van der Waals surface area contributed by atoms with Crippen LogP contribution in [0.15, 0.2) is 36.7 Å². The zero-order chi connectivity index (χ0) is 13.4. The van der Waals surface area contributed by atoms with Gasteiger partial charge in [-0.15, -0.1) is 0 Å². The quantitative estimate of drug-likeness (QED) is 0.735. The van der Waals surface area contributed by atoms with Crippen LogP contribution in [0.25, 0.3) is 22.4 Å². The van der Waals surface area contributed by atoms with Crippen LogP contribution in [-0.4, -0.2) is 26.0 Å². The Kier molecular flexibility index (Phi) is 2.52. The number of aryl methyl sites for hydroxylation is 1. The van der Waals surface area contributed by atoms with Gasteiger partial charge in [0.2, 0.25) is 0 Å². The van der Waals surface area contributed by atoms with Crippen molar-refractivity contribution in [2.75, 3.05) is 0 Å². The monoisotopic (exact) mass is 253 g/mol. The average Bonchev–Trinajstić information content (AvgIpc) is 2.81. The first-order valence-corrected chi connectivity index (χ1v) is 5.78. The van der Waals surface area contributed by atoms with Gasteiger partial charge in [0.25, 0.3) is 0 Å². The van der Waals surface area contributed by atoms with Gasteiger partial charge in [0.05, 0.1) is 16.6 Å². The zero-order valence-corrected chi connectivity index (χ0v) is 10.2. The third kappa shape index (κ3) is 2.06. The molecule has 2 N–H and O–H groups in total. The molecule has 0 aliphatic carbocycles. The van der Waals surface area contributed by atoms with Gasteiger partial charge in [-0.25, -0.2) is 9.78 Å². The predicted octanol–water partition coefficient (Wildman–Crippen LogP) is 2.63. The van der Waals surface area contributed by atoms with Crippen molar-refractivity contribution >= 4 is 17.0 Å². The normalized spacial score (nSPS) is 10.8. The lowest BCUT2D eigenvalue weighted by molar-refractivity contribution is 0.0697. The molecule has 5 nitrogen and oxygen atoms in total. The van der Waals surface area contributed by atoms with Gasteiger partial charge in [0.1, 0.15) is 5.82 Å². The Hall–Kier alpha value is -2.69. The number of fused-ring (bicyclic) bond motifs is 1. The summed E-state index contributed by atoms with van der Waals surface area (Å²) in [6.07, 6.45) is 3.50. The second kappa shape index (κ2) is 4.20. The summed E-state index contributed by atoms with van der Waals surface area (Å²) in [5, 5.41) is 8.96. The summed E-state index contributed by atoms with van der Waals surface area (Å²) >= 11 is 0. The summed E-state index contributed by atoms with van der Waals surface area (Å²) in [5.74, 6) is -0.260. The molecule has 1 aromatic carbocycles. The Morgan fingerprint density at radius 1 is 1.26 bits per heavy atom. The van der Waals surface area contributed by atoms with Crippen LogP contribution in [0.1, 0.15) is 15.9 Å². The molecule has 19 heavy (non-hydrogen) atoms. The van der Waals surface area contributed by atoms with E-state index < -0.39 is 5.97 Å². The molecule has 0 amide bonds. The molecule has 94 valence electrons. The van der Waals surface area contributed by atoms with Gasteiger partial charge in [0, 0.05) is 18.0 Å². The van der Waals surface area contributed by atoms with Crippen LogP contribution in [0, 0.1) is 6.92 Å². The van der Waals surface area contributed by atoms with E-state index in [1.165, 1.54) is 0 Å². The number of carboxylic acids is 1. The maximum atomic E-state index is 10.9. The predicted molar refractivity (Wildman–Crippen MR) is 71.0 cm³/mol. The van der Waals surface area contributed by atoms with Crippen LogP contribution in [0.3, 0.4) is 0 Å². The van der Waals surface area contributed by atoms with Crippen LogP contribution in [0.2, 0.25) is 0 Å². The summed E-state index contributed by atoms with van der Waals surface area (Å²) in [6.45, 7) is 1.96. The molecule has 0 spiro atoms. The van der Waals surface area contributed by atoms with Crippen molar-refractivity contribution in [2.45, 2.75) is 6.92 Å². The molecule has 0 saturated carbocycles. The number of hydrogen-bond acceptors (Lipinski definition) is 3. The molecule has 0 atom stereocenters. The first-order valence-electron chi connectivity index (χ1n) is 5.78. The number of carboxylic acid groups (broad SMARTS) is 1. The summed E-state index contributed by atoms with van der Waals surface area (Å²) in [7, 11) is 0. The van der Waals surface area contributed by atoms with Crippen molar-refractivity contribution < 1.29 is 9.90 Å². The number of aromatic carboxylic acids is 1. The fourth-order valence-electron chi connectivity index (χ4n) is 1.96. The number of nitrogens with one attached hydrogen (secondary N) is 1. The Morgan fingerprint density at radius 3 is 2.84 bits per heavy atom. The molecule has 0 aliphatic rings. The van der Waals surface area contributed by atoms with E-state index in [4.69, 9.17) is 5.11 Å². The van der Waals surface area contributed by atoms with Gasteiger partial charge in [-0.2, -0.15) is 0 Å². The lowest BCUT2D eigenvalue weighted by Gasteiger charge is -1.96. The first kappa shape index (κ1) is 11.4. The molecule has 3 aromatic rings. The van der Waals surface area contributed by atoms with E-state index in [1.54, 1.807) is 30.6 Å². The maximum Gasteiger partial charge on any atom is 0.335 e. The molecular formula is C14H11N3O2. The maximum absolute atomic E-state index is 10.9. The van der Waals surface area contributed by atoms with Gasteiger partial charge >= 0.3 is 5.97 Å². The van der Waals surface area contributed by atoms with E-state index in [2.05, 4.69) is 15.0 Å². The molecule has 0 unspecified atom stereocenters. The molecule has 0 fully saturated rings. The van der Waals surface area contributed by atoms with Gasteiger partial charge < -0.3 is 10.1 Å². The topological polar surface area (TPSA) is 78.9 Å². The average molecular weight is 253 g/mol. The zero-order valence-electron chi connectivity index (χ0n) is 10.2. The smallest absolute Gasteiger partial charge is 0.335 e. The number of aromatic nitrogens is 3. The highest BCUT2D eigenvalue weighted by molar-refractivity contribution is 5.92. The first-order chi connectivity index (χ1) is 9.13. The largest absolute Gasteiger partial charge is 0.478 e. The minimum Gasteiger partial charge on any atom is -0.478 e. The van der Waals surface area contributed by atoms with Crippen molar-refractivity contribution in [3.05, 3.63) is 47.8 Å². The SMILES string of the molecule is Cc1cncc(-c2nc3ccc(C(=O)O)cc3[nH]2)c1. The molecule has 5 heteroatoms. The third-order valence-electron chi connectivity index (χ3n) is 2.88. The molecule has 3 rings (SSSR count). The van der Waals surface area contributed by atoms with E-state index in [0.717, 1.165) is 16.6 Å². The van der Waals surface area contributed by atoms with E-state index >= 15 is 0 Å². The highest BCUT2D eigenvalue weighted by Gasteiger charge is 2.09. The Balaban J connectivity index is 2.14. The van der Waals surface area contributed by atoms with E-state index in [0.29, 0.717) is 11.3 Å². The van der Waals surface area contributed by atoms with Gasteiger partial charge in [0.15, 0.2) is 0 Å². The number of nitrogens with zero attached hydrogens (tertiary/aromatic N) is 2. The second-order valence-corrected chi connectivity index (χ2v) is 4.37. The van der Waals surface area contributed by atoms with Crippen molar-refractivity contribution in [3.63, 3.8) is 0 Å². The number of hydrogen-bond donors (Lipinski definition) is 2. The Bertz CT molecular complexity index is 777. The molecule has 0 saturated heterocycles. The third-order valence-corrected chi connectivity index (χ3v) is 2.88. The van der Waals surface area contributed by atoms with Gasteiger partial charge in [-0.3, -0.25) is 4.98 Å². The molecule has 2 heterocycles. The highest BCUT2D eigenvalue weighted by Crippen LogP contribution is 2.21. The van der Waals surface area contributed by atoms with Crippen LogP contribution < -0.4 is 0 Å². The standard InChI is InChI=1S/C14H11N3O2/c1-8-4-10(7-15-6-8)13-16-11-3-2-9(14(18)19)5-12(11)17-13/h2-7H,1H3,(H,16,17)(H,18,19). The number of imidazole rings is 1. The Labute approximate surface area is 109 Å². The van der Waals surface area contributed by atoms with Crippen molar-refractivity contribution in [2.24, 2.45) is 0 Å². The molecule has 0 bridgehead atoms. The minimum absolute atomic E-state index is 0.241. The number of aromatic amines is 1. The van der Waals surface area contributed by atoms with E-state index in [9.17, 15) is 4.79 Å². The lowest BCUT2D eigenvalue weighted by Crippen LogP contribution is -1.94. The summed E-state index contributed by atoms with van der Waals surface area (Å²) in [6, 6.07) is 6.80. The van der Waals surface area contributed by atoms with Crippen molar-refractivity contribution in [1.82, 2.24) is 15.0 Å². The number of carbonyl (C=O) groups is 1. The molecule has 2 aromatic heterocycles. The number of benzene rings is 1. The van der Waals surface area contributed by atoms with Crippen LogP contribution in [0.5, 0.6) is 0 Å². The number of rotatable bonds is 2. The van der Waals surface area contributed by atoms with Crippen LogP contribution >= 0.6 is 0 Å². The van der Waals surface area contributed by atoms with Crippen LogP contribution in [0.4, 0.5) is 0 Å². The Morgan fingerprint density at radius 2 is 2.11 bits per heavy atom. The number of H-pyrrole nitrogens is 1. The fraction of sp³-hybridized carbons (Fsp3) is 0.0714. The van der Waals surface area contributed by atoms with Crippen molar-refractivity contribution in [3.8, 4) is 11.4 Å². The summed E-state index contributed by atoms with van der Waals surface area (Å²) in [4.78, 5) is 22.6. The lowest BCUT2D eigenvalue weighted by atomic mass is 10.2. The van der Waals surface area contributed by atoms with Crippen LogP contribution in [-0.2, 0) is 0 Å².